The molecule has 0 aliphatic heterocycles. The smallest absolute Gasteiger partial charge is 0.255 e. The van der Waals surface area contributed by atoms with E-state index in [4.69, 9.17) is 4.74 Å². The normalized spacial score (nSPS) is 11.7. The lowest BCUT2D eigenvalue weighted by Gasteiger charge is -2.12. The monoisotopic (exact) mass is 330 g/mol. The molecule has 0 aliphatic carbocycles. The van der Waals surface area contributed by atoms with Crippen LogP contribution in [0.1, 0.15) is 22.8 Å². The van der Waals surface area contributed by atoms with Gasteiger partial charge < -0.3 is 15.4 Å². The molecule has 2 rings (SSSR count). The molecule has 2 aromatic rings. The molecule has 0 bridgehead atoms. The Balaban J connectivity index is 2.10. The van der Waals surface area contributed by atoms with E-state index in [1.165, 1.54) is 13.2 Å². The molecule has 0 radical (unpaired) electrons. The Labute approximate surface area is 139 Å². The van der Waals surface area contributed by atoms with E-state index < -0.39 is 17.8 Å². The molecule has 6 heteroatoms. The van der Waals surface area contributed by atoms with E-state index in [1.807, 2.05) is 0 Å². The van der Waals surface area contributed by atoms with Crippen LogP contribution < -0.4 is 10.6 Å². The molecular formula is C18H19FN2O3. The molecule has 0 saturated heterocycles. The van der Waals surface area contributed by atoms with Crippen LogP contribution in [-0.2, 0) is 9.53 Å². The SMILES string of the molecule is CO[C@H](C)C(=O)Nc1cccc(NC(=O)c2ccc(C)c(F)c2)c1. The van der Waals surface area contributed by atoms with Gasteiger partial charge in [-0.1, -0.05) is 12.1 Å². The molecule has 0 spiro atoms. The van der Waals surface area contributed by atoms with Crippen molar-refractivity contribution < 1.29 is 18.7 Å². The van der Waals surface area contributed by atoms with Gasteiger partial charge in [0, 0.05) is 24.0 Å². The number of carbonyl (C=O) groups is 2. The van der Waals surface area contributed by atoms with E-state index >= 15 is 0 Å². The van der Waals surface area contributed by atoms with Crippen molar-refractivity contribution in [1.29, 1.82) is 0 Å². The molecule has 5 nitrogen and oxygen atoms in total. The maximum absolute atomic E-state index is 13.6. The van der Waals surface area contributed by atoms with Crippen molar-refractivity contribution in [3.8, 4) is 0 Å². The molecule has 0 aromatic heterocycles. The third-order valence-electron chi connectivity index (χ3n) is 3.54. The first-order valence-corrected chi connectivity index (χ1v) is 7.42. The second-order valence-corrected chi connectivity index (χ2v) is 5.37. The number of rotatable bonds is 5. The summed E-state index contributed by atoms with van der Waals surface area (Å²) < 4.78 is 18.5. The summed E-state index contributed by atoms with van der Waals surface area (Å²) in [6.07, 6.45) is -0.584. The van der Waals surface area contributed by atoms with Gasteiger partial charge in [0.15, 0.2) is 0 Å². The van der Waals surface area contributed by atoms with Gasteiger partial charge in [-0.05, 0) is 49.7 Å². The molecule has 1 atom stereocenters. The van der Waals surface area contributed by atoms with Gasteiger partial charge in [0.2, 0.25) is 0 Å². The summed E-state index contributed by atoms with van der Waals surface area (Å²) >= 11 is 0. The van der Waals surface area contributed by atoms with Crippen molar-refractivity contribution >= 4 is 23.2 Å². The summed E-state index contributed by atoms with van der Waals surface area (Å²) in [5.74, 6) is -1.15. The highest BCUT2D eigenvalue weighted by atomic mass is 19.1. The molecule has 0 aliphatic rings. The lowest BCUT2D eigenvalue weighted by atomic mass is 10.1. The first kappa shape index (κ1) is 17.6. The van der Waals surface area contributed by atoms with Crippen molar-refractivity contribution in [1.82, 2.24) is 0 Å². The summed E-state index contributed by atoms with van der Waals surface area (Å²) in [5, 5.41) is 5.36. The predicted molar refractivity (Wildman–Crippen MR) is 90.6 cm³/mol. The van der Waals surface area contributed by atoms with Gasteiger partial charge in [0.1, 0.15) is 11.9 Å². The highest BCUT2D eigenvalue weighted by Gasteiger charge is 2.12. The minimum absolute atomic E-state index is 0.223. The van der Waals surface area contributed by atoms with E-state index in [2.05, 4.69) is 10.6 Å². The average Bonchev–Trinajstić information content (AvgIpc) is 2.56. The number of carbonyl (C=O) groups excluding carboxylic acids is 2. The topological polar surface area (TPSA) is 67.4 Å². The molecule has 2 amide bonds. The maximum Gasteiger partial charge on any atom is 0.255 e. The minimum Gasteiger partial charge on any atom is -0.372 e. The summed E-state index contributed by atoms with van der Waals surface area (Å²) in [4.78, 5) is 24.0. The Morgan fingerprint density at radius 1 is 1.08 bits per heavy atom. The molecule has 0 fully saturated rings. The van der Waals surface area contributed by atoms with Crippen LogP contribution in [0.3, 0.4) is 0 Å². The molecule has 2 N–H and O–H groups in total. The first-order chi connectivity index (χ1) is 11.4. The molecule has 0 saturated carbocycles. The van der Waals surface area contributed by atoms with Crippen LogP contribution in [0.2, 0.25) is 0 Å². The average molecular weight is 330 g/mol. The van der Waals surface area contributed by atoms with Gasteiger partial charge in [-0.2, -0.15) is 0 Å². The molecule has 24 heavy (non-hydrogen) atoms. The Kier molecular flexibility index (Phi) is 5.65. The largest absolute Gasteiger partial charge is 0.372 e. The van der Waals surface area contributed by atoms with Crippen LogP contribution in [0.4, 0.5) is 15.8 Å². The molecule has 2 aromatic carbocycles. The van der Waals surface area contributed by atoms with Crippen LogP contribution in [0.25, 0.3) is 0 Å². The highest BCUT2D eigenvalue weighted by Crippen LogP contribution is 2.17. The molecule has 126 valence electrons. The second-order valence-electron chi connectivity index (χ2n) is 5.37. The first-order valence-electron chi connectivity index (χ1n) is 7.42. The third-order valence-corrected chi connectivity index (χ3v) is 3.54. The van der Waals surface area contributed by atoms with E-state index in [-0.39, 0.29) is 11.5 Å². The van der Waals surface area contributed by atoms with E-state index in [0.29, 0.717) is 16.9 Å². The van der Waals surface area contributed by atoms with Gasteiger partial charge in [-0.25, -0.2) is 4.39 Å². The van der Waals surface area contributed by atoms with Gasteiger partial charge in [-0.3, -0.25) is 9.59 Å². The standard InChI is InChI=1S/C18H19FN2O3/c1-11-7-8-13(9-16(11)19)18(23)21-15-6-4-5-14(10-15)20-17(22)12(2)24-3/h4-10,12H,1-3H3,(H,20,22)(H,21,23)/t12-/m1/s1. The quantitative estimate of drug-likeness (QED) is 0.883. The molecular weight excluding hydrogens is 311 g/mol. The van der Waals surface area contributed by atoms with Gasteiger partial charge in [0.25, 0.3) is 11.8 Å². The van der Waals surface area contributed by atoms with E-state index in [1.54, 1.807) is 50.2 Å². The summed E-state index contributed by atoms with van der Waals surface area (Å²) in [6.45, 7) is 3.26. The summed E-state index contributed by atoms with van der Waals surface area (Å²) in [7, 11) is 1.45. The lowest BCUT2D eigenvalue weighted by Crippen LogP contribution is -2.26. The number of amides is 2. The summed E-state index contributed by atoms with van der Waals surface area (Å²) in [5.41, 5.74) is 1.71. The van der Waals surface area contributed by atoms with Crippen molar-refractivity contribution in [3.63, 3.8) is 0 Å². The van der Waals surface area contributed by atoms with Crippen molar-refractivity contribution in [3.05, 3.63) is 59.4 Å². The van der Waals surface area contributed by atoms with Gasteiger partial charge in [-0.15, -0.1) is 0 Å². The number of hydrogen-bond acceptors (Lipinski definition) is 3. The number of methoxy groups -OCH3 is 1. The van der Waals surface area contributed by atoms with Crippen LogP contribution >= 0.6 is 0 Å². The fraction of sp³-hybridized carbons (Fsp3) is 0.222. The minimum atomic E-state index is -0.584. The third kappa shape index (κ3) is 4.39. The Bertz CT molecular complexity index is 762. The van der Waals surface area contributed by atoms with Crippen LogP contribution in [0.5, 0.6) is 0 Å². The predicted octanol–water partition coefficient (Wildman–Crippen LogP) is 3.36. The van der Waals surface area contributed by atoms with Crippen LogP contribution in [-0.4, -0.2) is 25.0 Å². The van der Waals surface area contributed by atoms with Crippen molar-refractivity contribution in [2.24, 2.45) is 0 Å². The fourth-order valence-corrected chi connectivity index (χ4v) is 1.96. The van der Waals surface area contributed by atoms with Gasteiger partial charge in [0.05, 0.1) is 0 Å². The molecule has 0 heterocycles. The number of halogens is 1. The van der Waals surface area contributed by atoms with Crippen molar-refractivity contribution in [2.45, 2.75) is 20.0 Å². The Hall–Kier alpha value is -2.73. The van der Waals surface area contributed by atoms with Crippen LogP contribution in [0.15, 0.2) is 42.5 Å². The van der Waals surface area contributed by atoms with E-state index in [0.717, 1.165) is 0 Å². The zero-order valence-corrected chi connectivity index (χ0v) is 13.7. The van der Waals surface area contributed by atoms with E-state index in [9.17, 15) is 14.0 Å². The van der Waals surface area contributed by atoms with Crippen LogP contribution in [0, 0.1) is 12.7 Å². The zero-order chi connectivity index (χ0) is 17.7. The van der Waals surface area contributed by atoms with Crippen molar-refractivity contribution in [2.75, 3.05) is 17.7 Å². The molecule has 0 unspecified atom stereocenters. The maximum atomic E-state index is 13.6. The summed E-state index contributed by atoms with van der Waals surface area (Å²) in [6, 6.07) is 11.0. The lowest BCUT2D eigenvalue weighted by molar-refractivity contribution is -0.124. The fourth-order valence-electron chi connectivity index (χ4n) is 1.96. The number of anilines is 2. The highest BCUT2D eigenvalue weighted by molar-refractivity contribution is 6.04. The number of hydrogen-bond donors (Lipinski definition) is 2. The Morgan fingerprint density at radius 3 is 2.38 bits per heavy atom. The number of benzene rings is 2. The number of aryl methyl sites for hydroxylation is 1. The Morgan fingerprint density at radius 2 is 1.75 bits per heavy atom. The van der Waals surface area contributed by atoms with Gasteiger partial charge >= 0.3 is 0 Å². The second kappa shape index (κ2) is 7.70. The number of nitrogens with one attached hydrogen (secondary N) is 2. The number of ether oxygens (including phenoxy) is 1. The zero-order valence-electron chi connectivity index (χ0n) is 13.7.